The van der Waals surface area contributed by atoms with Crippen LogP contribution >= 0.6 is 0 Å². The van der Waals surface area contributed by atoms with E-state index in [1.54, 1.807) is 18.2 Å². The second kappa shape index (κ2) is 12.6. The minimum atomic E-state index is -4.19. The molecule has 3 aliphatic heterocycles. The van der Waals surface area contributed by atoms with Crippen LogP contribution in [-0.4, -0.2) is 62.8 Å². The summed E-state index contributed by atoms with van der Waals surface area (Å²) in [7, 11) is -4.19. The van der Waals surface area contributed by atoms with Crippen molar-refractivity contribution in [3.05, 3.63) is 35.9 Å². The van der Waals surface area contributed by atoms with Gasteiger partial charge in [-0.3, -0.25) is 4.79 Å². The molecule has 43 heavy (non-hydrogen) atoms. The van der Waals surface area contributed by atoms with E-state index >= 15 is 0 Å². The largest absolute Gasteiger partial charge is 0.370 e. The van der Waals surface area contributed by atoms with Crippen molar-refractivity contribution < 1.29 is 17.9 Å². The molecule has 0 aromatic carbocycles. The van der Waals surface area contributed by atoms with Crippen molar-refractivity contribution in [3.8, 4) is 0 Å². The van der Waals surface area contributed by atoms with Crippen molar-refractivity contribution in [2.75, 3.05) is 48.1 Å². The molecule has 6 rings (SSSR count). The molecule has 0 radical (unpaired) electrons. The van der Waals surface area contributed by atoms with E-state index in [1.807, 2.05) is 6.07 Å². The third-order valence-corrected chi connectivity index (χ3v) is 11.1. The SMILES string of the molecule is CC1(C)C[C@@H]2CCCNc3cccc(n3)S(=O)(=O)NC(=O)c3ccc(N4CCC(CCC5CCCC5)COC4)nc3N1C2. The summed E-state index contributed by atoms with van der Waals surface area (Å²) in [5.41, 5.74) is -0.00312. The van der Waals surface area contributed by atoms with Gasteiger partial charge in [0.1, 0.15) is 24.2 Å². The zero-order valence-corrected chi connectivity index (χ0v) is 26.4. The van der Waals surface area contributed by atoms with E-state index in [9.17, 15) is 13.2 Å². The van der Waals surface area contributed by atoms with Gasteiger partial charge in [-0.05, 0) is 88.0 Å². The predicted molar refractivity (Wildman–Crippen MR) is 168 cm³/mol. The number of carbonyl (C=O) groups is 1. The van der Waals surface area contributed by atoms with Crippen molar-refractivity contribution in [2.24, 2.45) is 17.8 Å². The molecule has 1 amide bonds. The lowest BCUT2D eigenvalue weighted by atomic mass is 9.93. The smallest absolute Gasteiger partial charge is 0.281 e. The molecule has 234 valence electrons. The number of fused-ring (bicyclic) bond motifs is 6. The van der Waals surface area contributed by atoms with Crippen molar-refractivity contribution in [3.63, 3.8) is 0 Å². The summed E-state index contributed by atoms with van der Waals surface area (Å²) in [5, 5.41) is 3.05. The third kappa shape index (κ3) is 6.93. The van der Waals surface area contributed by atoms with Gasteiger partial charge in [0.25, 0.3) is 15.9 Å². The molecule has 11 heteroatoms. The Labute approximate surface area is 256 Å². The van der Waals surface area contributed by atoms with Gasteiger partial charge < -0.3 is 19.9 Å². The van der Waals surface area contributed by atoms with Crippen LogP contribution < -0.4 is 19.8 Å². The average Bonchev–Trinajstić information content (AvgIpc) is 3.53. The van der Waals surface area contributed by atoms with Gasteiger partial charge in [-0.15, -0.1) is 0 Å². The van der Waals surface area contributed by atoms with E-state index in [1.165, 1.54) is 44.6 Å². The van der Waals surface area contributed by atoms with Crippen LogP contribution in [0.3, 0.4) is 0 Å². The molecule has 0 spiro atoms. The lowest BCUT2D eigenvalue weighted by Crippen LogP contribution is -2.41. The summed E-state index contributed by atoms with van der Waals surface area (Å²) in [6, 6.07) is 8.32. The quantitative estimate of drug-likeness (QED) is 0.483. The maximum Gasteiger partial charge on any atom is 0.281 e. The topological polar surface area (TPSA) is 117 Å². The molecule has 4 bridgehead atoms. The van der Waals surface area contributed by atoms with Crippen LogP contribution in [0.1, 0.15) is 88.4 Å². The fourth-order valence-corrected chi connectivity index (χ4v) is 8.38. The number of amides is 1. The molecule has 1 saturated carbocycles. The van der Waals surface area contributed by atoms with Crippen LogP contribution in [0.25, 0.3) is 0 Å². The van der Waals surface area contributed by atoms with Crippen LogP contribution in [0.4, 0.5) is 17.5 Å². The molecule has 5 heterocycles. The fraction of sp³-hybridized carbons (Fsp3) is 0.656. The van der Waals surface area contributed by atoms with Crippen LogP contribution in [0.5, 0.6) is 0 Å². The second-order valence-electron chi connectivity index (χ2n) is 13.5. The van der Waals surface area contributed by atoms with Crippen LogP contribution in [0.15, 0.2) is 35.4 Å². The van der Waals surface area contributed by atoms with Gasteiger partial charge in [0.05, 0.1) is 12.2 Å². The summed E-state index contributed by atoms with van der Waals surface area (Å²) in [6.45, 7) is 7.85. The highest BCUT2D eigenvalue weighted by molar-refractivity contribution is 7.90. The Kier molecular flexibility index (Phi) is 8.82. The van der Waals surface area contributed by atoms with Gasteiger partial charge in [0, 0.05) is 25.2 Å². The van der Waals surface area contributed by atoms with E-state index in [4.69, 9.17) is 9.72 Å². The van der Waals surface area contributed by atoms with E-state index < -0.39 is 15.9 Å². The zero-order chi connectivity index (χ0) is 30.0. The standard InChI is InChI=1S/C32H46N6O4S/c1-32(2)19-25-9-6-17-33-27-10-5-11-29(34-27)43(40,41)36-31(39)26-14-15-28(35-30(26)38(32)20-25)37-18-16-24(21-42-22-37)13-12-23-7-3-4-8-23/h5,10-11,14-15,23-25H,3-4,6-9,12-13,16-22H2,1-2H3,(H,33,34)(H,36,39)/t24?,25-/m0/s1. The maximum atomic E-state index is 13.7. The van der Waals surface area contributed by atoms with Crippen molar-refractivity contribution in [2.45, 2.75) is 88.6 Å². The number of hydrogen-bond donors (Lipinski definition) is 2. The highest BCUT2D eigenvalue weighted by Crippen LogP contribution is 2.40. The number of nitrogens with zero attached hydrogens (tertiary/aromatic N) is 4. The van der Waals surface area contributed by atoms with Crippen LogP contribution in [0, 0.1) is 17.8 Å². The molecule has 3 fully saturated rings. The first-order valence-electron chi connectivity index (χ1n) is 16.1. The Balaban J connectivity index is 1.28. The van der Waals surface area contributed by atoms with Crippen molar-refractivity contribution in [1.82, 2.24) is 14.7 Å². The Morgan fingerprint density at radius 3 is 2.65 bits per heavy atom. The van der Waals surface area contributed by atoms with E-state index in [-0.39, 0.29) is 16.1 Å². The zero-order valence-electron chi connectivity index (χ0n) is 25.6. The van der Waals surface area contributed by atoms with Gasteiger partial charge >= 0.3 is 0 Å². The molecular weight excluding hydrogens is 564 g/mol. The molecular formula is C32H46N6O4S. The van der Waals surface area contributed by atoms with E-state index in [0.29, 0.717) is 36.7 Å². The molecule has 2 atom stereocenters. The summed E-state index contributed by atoms with van der Waals surface area (Å²) in [4.78, 5) is 27.4. The minimum Gasteiger partial charge on any atom is -0.370 e. The molecule has 10 nitrogen and oxygen atoms in total. The van der Waals surface area contributed by atoms with Crippen molar-refractivity contribution in [1.29, 1.82) is 0 Å². The van der Waals surface area contributed by atoms with Crippen molar-refractivity contribution >= 4 is 33.4 Å². The summed E-state index contributed by atoms with van der Waals surface area (Å²) >= 11 is 0. The summed E-state index contributed by atoms with van der Waals surface area (Å²) in [5.74, 6) is 2.90. The molecule has 1 unspecified atom stereocenters. The lowest BCUT2D eigenvalue weighted by Gasteiger charge is -2.34. The Bertz CT molecular complexity index is 1410. The van der Waals surface area contributed by atoms with Crippen LogP contribution in [0.2, 0.25) is 0 Å². The fourth-order valence-electron chi connectivity index (χ4n) is 7.44. The highest BCUT2D eigenvalue weighted by atomic mass is 32.2. The summed E-state index contributed by atoms with van der Waals surface area (Å²) in [6.07, 6.45) is 12.0. The number of aromatic nitrogens is 2. The lowest BCUT2D eigenvalue weighted by molar-refractivity contribution is 0.0981. The van der Waals surface area contributed by atoms with Gasteiger partial charge in [0.15, 0.2) is 5.03 Å². The normalized spacial score (nSPS) is 26.0. The number of nitrogens with one attached hydrogen (secondary N) is 2. The third-order valence-electron chi connectivity index (χ3n) is 9.83. The summed E-state index contributed by atoms with van der Waals surface area (Å²) < 4.78 is 34.9. The number of pyridine rings is 2. The molecule has 2 saturated heterocycles. The maximum absolute atomic E-state index is 13.7. The van der Waals surface area contributed by atoms with Gasteiger partial charge in [0.2, 0.25) is 0 Å². The second-order valence-corrected chi connectivity index (χ2v) is 15.2. The Morgan fingerprint density at radius 1 is 1.00 bits per heavy atom. The number of carbonyl (C=O) groups excluding carboxylic acids is 1. The Hall–Kier alpha value is -2.92. The van der Waals surface area contributed by atoms with Gasteiger partial charge in [-0.1, -0.05) is 38.2 Å². The average molecular weight is 611 g/mol. The predicted octanol–water partition coefficient (Wildman–Crippen LogP) is 5.18. The van der Waals surface area contributed by atoms with E-state index in [2.05, 4.69) is 38.7 Å². The Morgan fingerprint density at radius 2 is 1.81 bits per heavy atom. The minimum absolute atomic E-state index is 0.196. The number of rotatable bonds is 4. The van der Waals surface area contributed by atoms with Crippen LogP contribution in [-0.2, 0) is 14.8 Å². The first-order valence-corrected chi connectivity index (χ1v) is 17.6. The number of ether oxygens (including phenoxy) is 1. The molecule has 2 aromatic rings. The van der Waals surface area contributed by atoms with Gasteiger partial charge in [-0.2, -0.15) is 8.42 Å². The first-order chi connectivity index (χ1) is 20.7. The number of hydrogen-bond acceptors (Lipinski definition) is 9. The number of anilines is 3. The molecule has 4 aliphatic rings. The first kappa shape index (κ1) is 30.1. The highest BCUT2D eigenvalue weighted by Gasteiger charge is 2.41. The monoisotopic (exact) mass is 610 g/mol. The molecule has 2 aromatic heterocycles. The van der Waals surface area contributed by atoms with Gasteiger partial charge in [-0.25, -0.2) is 14.7 Å². The molecule has 2 N–H and O–H groups in total. The van der Waals surface area contributed by atoms with E-state index in [0.717, 1.165) is 57.1 Å². The molecule has 1 aliphatic carbocycles. The number of sulfonamides is 1.